The molecule has 3 heterocycles. The number of hydrogen-bond donors (Lipinski definition) is 0. The molecule has 5 nitrogen and oxygen atoms in total. The van der Waals surface area contributed by atoms with Crippen LogP contribution in [0.4, 0.5) is 14.6 Å². The van der Waals surface area contributed by atoms with Gasteiger partial charge in [-0.05, 0) is 54.8 Å². The molecule has 0 bridgehead atoms. The van der Waals surface area contributed by atoms with E-state index in [0.717, 1.165) is 32.0 Å². The Kier molecular flexibility index (Phi) is 6.24. The number of amides is 1. The number of benzene rings is 2. The Balaban J connectivity index is 1.28. The van der Waals surface area contributed by atoms with E-state index in [0.29, 0.717) is 32.5 Å². The van der Waals surface area contributed by atoms with Gasteiger partial charge in [0.25, 0.3) is 0 Å². The van der Waals surface area contributed by atoms with Gasteiger partial charge < -0.3 is 9.80 Å². The second-order valence-electron chi connectivity index (χ2n) is 8.54. The van der Waals surface area contributed by atoms with Gasteiger partial charge in [-0.2, -0.15) is 0 Å². The van der Waals surface area contributed by atoms with Crippen LogP contribution in [0.1, 0.15) is 18.9 Å². The van der Waals surface area contributed by atoms with Crippen LogP contribution in [0.25, 0.3) is 20.7 Å². The molecule has 0 saturated carbocycles. The lowest BCUT2D eigenvalue weighted by Gasteiger charge is -2.40. The molecule has 0 radical (unpaired) electrons. The summed E-state index contributed by atoms with van der Waals surface area (Å²) in [6.07, 6.45) is 2.57. The molecule has 1 amide bonds. The number of hydrogen-bond acceptors (Lipinski definition) is 5. The van der Waals surface area contributed by atoms with Crippen LogP contribution in [0.5, 0.6) is 0 Å². The van der Waals surface area contributed by atoms with Crippen LogP contribution >= 0.6 is 11.3 Å². The van der Waals surface area contributed by atoms with Crippen LogP contribution in [-0.2, 0) is 11.2 Å². The number of rotatable bonds is 5. The van der Waals surface area contributed by atoms with Crippen LogP contribution in [0.3, 0.4) is 0 Å². The van der Waals surface area contributed by atoms with E-state index in [1.807, 2.05) is 11.0 Å². The second kappa shape index (κ2) is 9.46. The van der Waals surface area contributed by atoms with E-state index < -0.39 is 0 Å². The largest absolute Gasteiger partial charge is 0.351 e. The zero-order chi connectivity index (χ0) is 23.7. The molecular weight excluding hydrogens is 454 g/mol. The first-order valence-corrected chi connectivity index (χ1v) is 12.1. The molecule has 4 aromatic rings. The number of nitrogens with zero attached hydrogens (tertiary/aromatic N) is 4. The summed E-state index contributed by atoms with van der Waals surface area (Å²) in [5.74, 6) is 0.450. The van der Waals surface area contributed by atoms with E-state index in [1.54, 1.807) is 41.9 Å². The van der Waals surface area contributed by atoms with E-state index >= 15 is 0 Å². The lowest BCUT2D eigenvalue weighted by Crippen LogP contribution is -2.54. The van der Waals surface area contributed by atoms with Gasteiger partial charge in [0, 0.05) is 37.0 Å². The molecule has 0 spiro atoms. The van der Waals surface area contributed by atoms with Gasteiger partial charge in [-0.3, -0.25) is 4.79 Å². The third kappa shape index (κ3) is 4.63. The Morgan fingerprint density at radius 2 is 1.74 bits per heavy atom. The SMILES string of the molecule is C[C@@H]1CN(c2ncnc3cc(-c4ccc(F)cc4)sc23)CCN1C(=O)CCc1ccc(F)cc1. The fraction of sp³-hybridized carbons (Fsp3) is 0.269. The minimum absolute atomic E-state index is 0.0380. The number of carbonyl (C=O) groups excluding carboxylic acids is 1. The van der Waals surface area contributed by atoms with Gasteiger partial charge in [0.2, 0.25) is 5.91 Å². The van der Waals surface area contributed by atoms with Crippen molar-refractivity contribution in [3.63, 3.8) is 0 Å². The van der Waals surface area contributed by atoms with Crippen molar-refractivity contribution in [2.75, 3.05) is 24.5 Å². The lowest BCUT2D eigenvalue weighted by molar-refractivity contribution is -0.133. The molecule has 1 saturated heterocycles. The van der Waals surface area contributed by atoms with Crippen LogP contribution in [0.15, 0.2) is 60.9 Å². The number of halogens is 2. The average Bonchev–Trinajstić information content (AvgIpc) is 3.28. The molecule has 8 heteroatoms. The van der Waals surface area contributed by atoms with Gasteiger partial charge >= 0.3 is 0 Å². The van der Waals surface area contributed by atoms with Crippen LogP contribution in [0.2, 0.25) is 0 Å². The number of fused-ring (bicyclic) bond motifs is 1. The highest BCUT2D eigenvalue weighted by Crippen LogP contribution is 2.37. The van der Waals surface area contributed by atoms with E-state index in [-0.39, 0.29) is 23.6 Å². The van der Waals surface area contributed by atoms with Crippen LogP contribution in [-0.4, -0.2) is 46.5 Å². The molecule has 1 atom stereocenters. The Morgan fingerprint density at radius 1 is 1.03 bits per heavy atom. The van der Waals surface area contributed by atoms with Crippen molar-refractivity contribution in [1.29, 1.82) is 0 Å². The second-order valence-corrected chi connectivity index (χ2v) is 9.59. The van der Waals surface area contributed by atoms with Crippen molar-refractivity contribution in [3.8, 4) is 10.4 Å². The molecule has 1 fully saturated rings. The van der Waals surface area contributed by atoms with Crippen molar-refractivity contribution in [2.45, 2.75) is 25.8 Å². The highest BCUT2D eigenvalue weighted by atomic mass is 32.1. The summed E-state index contributed by atoms with van der Waals surface area (Å²) in [6.45, 7) is 4.03. The van der Waals surface area contributed by atoms with Crippen molar-refractivity contribution in [2.24, 2.45) is 0 Å². The summed E-state index contributed by atoms with van der Waals surface area (Å²) in [6, 6.07) is 14.8. The monoisotopic (exact) mass is 478 g/mol. The highest BCUT2D eigenvalue weighted by molar-refractivity contribution is 7.22. The molecular formula is C26H24F2N4OS. The normalized spacial score (nSPS) is 16.3. The predicted octanol–water partition coefficient (Wildman–Crippen LogP) is 5.31. The Labute approximate surface area is 200 Å². The van der Waals surface area contributed by atoms with E-state index in [1.165, 1.54) is 24.3 Å². The molecule has 1 aliphatic heterocycles. The number of anilines is 1. The summed E-state index contributed by atoms with van der Waals surface area (Å²) >= 11 is 1.60. The van der Waals surface area contributed by atoms with Gasteiger partial charge in [-0.1, -0.05) is 24.3 Å². The summed E-state index contributed by atoms with van der Waals surface area (Å²) in [7, 11) is 0. The fourth-order valence-electron chi connectivity index (χ4n) is 4.39. The lowest BCUT2D eigenvalue weighted by atomic mass is 10.1. The van der Waals surface area contributed by atoms with Gasteiger partial charge in [-0.25, -0.2) is 18.7 Å². The smallest absolute Gasteiger partial charge is 0.223 e. The molecule has 2 aromatic carbocycles. The maximum Gasteiger partial charge on any atom is 0.223 e. The van der Waals surface area contributed by atoms with E-state index in [9.17, 15) is 13.6 Å². The summed E-state index contributed by atoms with van der Waals surface area (Å²) < 4.78 is 27.4. The quantitative estimate of drug-likeness (QED) is 0.390. The van der Waals surface area contributed by atoms with Crippen molar-refractivity contribution in [1.82, 2.24) is 14.9 Å². The molecule has 174 valence electrons. The standard InChI is InChI=1S/C26H24F2N4OS/c1-17-15-31(12-13-32(17)24(33)11-4-18-2-7-20(27)8-3-18)26-25-22(29-16-30-26)14-23(34-25)19-5-9-21(28)10-6-19/h2-3,5-10,14,16-17H,4,11-13,15H2,1H3/t17-/m1/s1. The first-order chi connectivity index (χ1) is 16.5. The molecule has 0 N–H and O–H groups in total. The Bertz CT molecular complexity index is 1310. The van der Waals surface area contributed by atoms with Crippen molar-refractivity contribution < 1.29 is 13.6 Å². The minimum Gasteiger partial charge on any atom is -0.351 e. The van der Waals surface area contributed by atoms with Crippen LogP contribution in [0, 0.1) is 11.6 Å². The molecule has 0 aliphatic carbocycles. The maximum atomic E-state index is 13.3. The van der Waals surface area contributed by atoms with Gasteiger partial charge in [0.05, 0.1) is 10.2 Å². The number of aromatic nitrogens is 2. The van der Waals surface area contributed by atoms with Gasteiger partial charge in [0.1, 0.15) is 23.8 Å². The Hall–Kier alpha value is -3.39. The predicted molar refractivity (Wildman–Crippen MR) is 131 cm³/mol. The first kappa shape index (κ1) is 22.4. The maximum absolute atomic E-state index is 13.3. The third-order valence-electron chi connectivity index (χ3n) is 6.21. The van der Waals surface area contributed by atoms with Crippen LogP contribution < -0.4 is 4.90 Å². The summed E-state index contributed by atoms with van der Waals surface area (Å²) in [5.41, 5.74) is 2.76. The number of carbonyl (C=O) groups is 1. The summed E-state index contributed by atoms with van der Waals surface area (Å²) in [5, 5.41) is 0. The van der Waals surface area contributed by atoms with Gasteiger partial charge in [-0.15, -0.1) is 11.3 Å². The first-order valence-electron chi connectivity index (χ1n) is 11.3. The van der Waals surface area contributed by atoms with Crippen molar-refractivity contribution in [3.05, 3.63) is 78.1 Å². The average molecular weight is 479 g/mol. The van der Waals surface area contributed by atoms with Crippen molar-refractivity contribution >= 4 is 33.3 Å². The van der Waals surface area contributed by atoms with E-state index in [2.05, 4.69) is 21.8 Å². The molecule has 0 unspecified atom stereocenters. The summed E-state index contributed by atoms with van der Waals surface area (Å²) in [4.78, 5) is 27.0. The third-order valence-corrected chi connectivity index (χ3v) is 7.38. The number of aryl methyl sites for hydroxylation is 1. The molecule has 2 aromatic heterocycles. The highest BCUT2D eigenvalue weighted by Gasteiger charge is 2.29. The zero-order valence-electron chi connectivity index (χ0n) is 18.7. The molecule has 5 rings (SSSR count). The molecule has 34 heavy (non-hydrogen) atoms. The minimum atomic E-state index is -0.269. The number of piperazine rings is 1. The zero-order valence-corrected chi connectivity index (χ0v) is 19.6. The molecule has 1 aliphatic rings. The fourth-order valence-corrected chi connectivity index (χ4v) is 5.52. The van der Waals surface area contributed by atoms with E-state index in [4.69, 9.17) is 0 Å². The Morgan fingerprint density at radius 3 is 2.44 bits per heavy atom. The number of thiophene rings is 1. The topological polar surface area (TPSA) is 49.3 Å². The van der Waals surface area contributed by atoms with Gasteiger partial charge in [0.15, 0.2) is 0 Å².